The van der Waals surface area contributed by atoms with Crippen LogP contribution < -0.4 is 24.4 Å². The van der Waals surface area contributed by atoms with E-state index in [1.165, 1.54) is 18.4 Å². The lowest BCUT2D eigenvalue weighted by molar-refractivity contribution is -0.136. The van der Waals surface area contributed by atoms with E-state index in [2.05, 4.69) is 4.99 Å². The molecule has 1 atom stereocenters. The molecule has 0 amide bonds. The number of carbonyl (C=O) groups is 1. The van der Waals surface area contributed by atoms with Gasteiger partial charge < -0.3 is 14.2 Å². The first-order chi connectivity index (χ1) is 18.9. The number of carbonyl (C=O) groups excluding carboxylic acids is 1. The summed E-state index contributed by atoms with van der Waals surface area (Å²) in [6.07, 6.45) is 1.81. The monoisotopic (exact) mass is 560 g/mol. The molecule has 2 heterocycles. The second-order valence-electron chi connectivity index (χ2n) is 8.80. The number of benzene rings is 3. The predicted octanol–water partition coefficient (Wildman–Crippen LogP) is 4.65. The fourth-order valence-electron chi connectivity index (χ4n) is 4.51. The number of hydrogen-bond acceptors (Lipinski definition) is 7. The van der Waals surface area contributed by atoms with E-state index < -0.39 is 12.0 Å². The van der Waals surface area contributed by atoms with Crippen molar-refractivity contribution >= 4 is 35.0 Å². The van der Waals surface area contributed by atoms with Gasteiger partial charge in [-0.2, -0.15) is 0 Å². The highest BCUT2D eigenvalue weighted by molar-refractivity contribution is 7.07. The van der Waals surface area contributed by atoms with Crippen molar-refractivity contribution in [3.8, 4) is 11.5 Å². The molecule has 7 nitrogen and oxygen atoms in total. The van der Waals surface area contributed by atoms with Crippen molar-refractivity contribution in [3.05, 3.63) is 125 Å². The summed E-state index contributed by atoms with van der Waals surface area (Å²) in [7, 11) is 2.92. The van der Waals surface area contributed by atoms with E-state index in [1.807, 2.05) is 66.7 Å². The van der Waals surface area contributed by atoms with E-state index in [0.717, 1.165) is 16.7 Å². The van der Waals surface area contributed by atoms with Gasteiger partial charge in [0, 0.05) is 10.6 Å². The van der Waals surface area contributed by atoms with Gasteiger partial charge in [-0.05, 0) is 54.5 Å². The van der Waals surface area contributed by atoms with Crippen molar-refractivity contribution in [1.29, 1.82) is 0 Å². The zero-order valence-corrected chi connectivity index (χ0v) is 23.1. The summed E-state index contributed by atoms with van der Waals surface area (Å²) in [6, 6.07) is 21.6. The molecule has 0 radical (unpaired) electrons. The molecule has 1 aliphatic heterocycles. The van der Waals surface area contributed by atoms with Crippen LogP contribution in [-0.4, -0.2) is 24.8 Å². The Morgan fingerprint density at radius 3 is 2.59 bits per heavy atom. The van der Waals surface area contributed by atoms with Gasteiger partial charge in [0.25, 0.3) is 5.56 Å². The highest BCUT2D eigenvalue weighted by Crippen LogP contribution is 2.30. The molecule has 1 aliphatic rings. The number of aromatic nitrogens is 1. The van der Waals surface area contributed by atoms with Crippen LogP contribution >= 0.6 is 22.9 Å². The topological polar surface area (TPSA) is 79.1 Å². The SMILES string of the molecule is COC(=O)C1=C(C)N=c2s/c(=C/c3ccc(OC)c(COc4cccc(Cl)c4)c3)c(=O)n2[C@H]1c1ccccc1. The molecule has 39 heavy (non-hydrogen) atoms. The van der Waals surface area contributed by atoms with Gasteiger partial charge in [-0.15, -0.1) is 0 Å². The molecule has 1 aromatic heterocycles. The lowest BCUT2D eigenvalue weighted by Crippen LogP contribution is -2.39. The molecule has 0 bridgehead atoms. The molecule has 0 saturated carbocycles. The van der Waals surface area contributed by atoms with Gasteiger partial charge >= 0.3 is 5.97 Å². The third kappa shape index (κ3) is 5.39. The Hall–Kier alpha value is -4.14. The summed E-state index contributed by atoms with van der Waals surface area (Å²) in [4.78, 5) is 31.6. The molecule has 0 unspecified atom stereocenters. The Bertz CT molecular complexity index is 1760. The van der Waals surface area contributed by atoms with Crippen molar-refractivity contribution in [3.63, 3.8) is 0 Å². The molecule has 0 aliphatic carbocycles. The fourth-order valence-corrected chi connectivity index (χ4v) is 5.74. The Labute approximate surface area is 233 Å². The number of allylic oxidation sites excluding steroid dienone is 1. The molecule has 5 rings (SSSR count). The fraction of sp³-hybridized carbons (Fsp3) is 0.167. The van der Waals surface area contributed by atoms with Crippen LogP contribution in [0, 0.1) is 0 Å². The Kier molecular flexibility index (Phi) is 7.67. The molecular weight excluding hydrogens is 536 g/mol. The van der Waals surface area contributed by atoms with Gasteiger partial charge in [0.1, 0.15) is 18.1 Å². The number of hydrogen-bond donors (Lipinski definition) is 0. The first kappa shape index (κ1) is 26.5. The Balaban J connectivity index is 1.57. The summed E-state index contributed by atoms with van der Waals surface area (Å²) in [5, 5.41) is 0.586. The minimum Gasteiger partial charge on any atom is -0.496 e. The maximum Gasteiger partial charge on any atom is 0.338 e. The maximum absolute atomic E-state index is 13.8. The number of rotatable bonds is 7. The molecule has 9 heteroatoms. The third-order valence-corrected chi connectivity index (χ3v) is 7.55. The standard InChI is InChI=1S/C30H25ClN2O5S/c1-18-26(29(35)37-3)27(20-8-5-4-6-9-20)33-28(34)25(39-30(33)32-18)15-19-12-13-24(36-2)21(14-19)17-38-23-11-7-10-22(31)16-23/h4-16,27H,17H2,1-3H3/b25-15+/t27-/m0/s1. The first-order valence-electron chi connectivity index (χ1n) is 12.1. The van der Waals surface area contributed by atoms with Crippen molar-refractivity contribution in [2.24, 2.45) is 4.99 Å². The van der Waals surface area contributed by atoms with Crippen LogP contribution in [0.2, 0.25) is 5.02 Å². The van der Waals surface area contributed by atoms with Crippen LogP contribution in [0.5, 0.6) is 11.5 Å². The number of ether oxygens (including phenoxy) is 3. The molecular formula is C30H25ClN2O5S. The van der Waals surface area contributed by atoms with E-state index >= 15 is 0 Å². The second-order valence-corrected chi connectivity index (χ2v) is 10.2. The second kappa shape index (κ2) is 11.3. The van der Waals surface area contributed by atoms with Gasteiger partial charge in [0.15, 0.2) is 4.80 Å². The highest BCUT2D eigenvalue weighted by atomic mass is 35.5. The number of fused-ring (bicyclic) bond motifs is 1. The van der Waals surface area contributed by atoms with E-state index in [9.17, 15) is 9.59 Å². The minimum atomic E-state index is -0.644. The maximum atomic E-state index is 13.8. The van der Waals surface area contributed by atoms with Crippen molar-refractivity contribution < 1.29 is 19.0 Å². The molecule has 0 N–H and O–H groups in total. The number of esters is 1. The Morgan fingerprint density at radius 2 is 1.87 bits per heavy atom. The number of nitrogens with zero attached hydrogens (tertiary/aromatic N) is 2. The highest BCUT2D eigenvalue weighted by Gasteiger charge is 2.32. The van der Waals surface area contributed by atoms with Gasteiger partial charge in [-0.1, -0.05) is 65.4 Å². The summed E-state index contributed by atoms with van der Waals surface area (Å²) in [6.45, 7) is 2.01. The average molecular weight is 561 g/mol. The zero-order chi connectivity index (χ0) is 27.5. The summed E-state index contributed by atoms with van der Waals surface area (Å²) < 4.78 is 18.6. The van der Waals surface area contributed by atoms with Gasteiger partial charge in [-0.25, -0.2) is 9.79 Å². The van der Waals surface area contributed by atoms with Gasteiger partial charge in [0.2, 0.25) is 0 Å². The van der Waals surface area contributed by atoms with Crippen LogP contribution in [0.3, 0.4) is 0 Å². The average Bonchev–Trinajstić information content (AvgIpc) is 3.25. The summed E-state index contributed by atoms with van der Waals surface area (Å²) in [5.74, 6) is 0.790. The minimum absolute atomic E-state index is 0.242. The third-order valence-electron chi connectivity index (χ3n) is 6.33. The van der Waals surface area contributed by atoms with Gasteiger partial charge in [0.05, 0.1) is 36.1 Å². The molecule has 3 aromatic carbocycles. The lowest BCUT2D eigenvalue weighted by atomic mass is 9.96. The van der Waals surface area contributed by atoms with E-state index in [0.29, 0.717) is 37.1 Å². The van der Waals surface area contributed by atoms with Crippen molar-refractivity contribution in [2.75, 3.05) is 14.2 Å². The van der Waals surface area contributed by atoms with E-state index in [4.69, 9.17) is 25.8 Å². The number of halogens is 1. The quantitative estimate of drug-likeness (QED) is 0.307. The predicted molar refractivity (Wildman–Crippen MR) is 151 cm³/mol. The molecule has 0 fully saturated rings. The van der Waals surface area contributed by atoms with Crippen LogP contribution in [-0.2, 0) is 16.1 Å². The van der Waals surface area contributed by atoms with Crippen LogP contribution in [0.15, 0.2) is 93.9 Å². The molecule has 0 saturated heterocycles. The van der Waals surface area contributed by atoms with Crippen LogP contribution in [0.4, 0.5) is 0 Å². The van der Waals surface area contributed by atoms with Crippen LogP contribution in [0.1, 0.15) is 29.7 Å². The number of methoxy groups -OCH3 is 2. The summed E-state index contributed by atoms with van der Waals surface area (Å²) in [5.41, 5.74) is 3.02. The largest absolute Gasteiger partial charge is 0.496 e. The first-order valence-corrected chi connectivity index (χ1v) is 13.3. The van der Waals surface area contributed by atoms with E-state index in [-0.39, 0.29) is 12.2 Å². The van der Waals surface area contributed by atoms with Crippen molar-refractivity contribution in [2.45, 2.75) is 19.6 Å². The zero-order valence-electron chi connectivity index (χ0n) is 21.5. The molecule has 198 valence electrons. The lowest BCUT2D eigenvalue weighted by Gasteiger charge is -2.24. The smallest absolute Gasteiger partial charge is 0.338 e. The number of thiazole rings is 1. The Morgan fingerprint density at radius 1 is 1.08 bits per heavy atom. The van der Waals surface area contributed by atoms with Crippen LogP contribution in [0.25, 0.3) is 6.08 Å². The molecule has 0 spiro atoms. The summed E-state index contributed by atoms with van der Waals surface area (Å²) >= 11 is 7.35. The van der Waals surface area contributed by atoms with E-state index in [1.54, 1.807) is 30.7 Å². The van der Waals surface area contributed by atoms with Crippen molar-refractivity contribution in [1.82, 2.24) is 4.57 Å². The van der Waals surface area contributed by atoms with Gasteiger partial charge in [-0.3, -0.25) is 9.36 Å². The normalized spacial score (nSPS) is 15.0. The molecule has 4 aromatic rings.